The molecule has 3 heterocycles. The highest BCUT2D eigenvalue weighted by atomic mass is 15.3. The van der Waals surface area contributed by atoms with Crippen LogP contribution in [0.4, 0.5) is 17.5 Å². The molecule has 0 fully saturated rings. The maximum absolute atomic E-state index is 5.02. The van der Waals surface area contributed by atoms with Crippen molar-refractivity contribution in [1.29, 1.82) is 0 Å². The van der Waals surface area contributed by atoms with Gasteiger partial charge in [-0.2, -0.15) is 9.97 Å². The van der Waals surface area contributed by atoms with Gasteiger partial charge >= 0.3 is 0 Å². The maximum Gasteiger partial charge on any atom is 0.240 e. The van der Waals surface area contributed by atoms with Crippen LogP contribution < -0.4 is 4.90 Å². The molecule has 2 aromatic heterocycles. The first-order chi connectivity index (χ1) is 20.3. The third kappa shape index (κ3) is 3.93. The van der Waals surface area contributed by atoms with E-state index >= 15 is 0 Å². The molecule has 0 aliphatic carbocycles. The normalized spacial score (nSPS) is 11.9. The highest BCUT2D eigenvalue weighted by Gasteiger charge is 2.30. The van der Waals surface area contributed by atoms with Crippen molar-refractivity contribution in [1.82, 2.24) is 24.9 Å². The smallest absolute Gasteiger partial charge is 0.240 e. The molecule has 0 saturated carbocycles. The molecule has 7 aromatic rings. The van der Waals surface area contributed by atoms with E-state index in [9.17, 15) is 0 Å². The van der Waals surface area contributed by atoms with Gasteiger partial charge < -0.3 is 0 Å². The number of rotatable bonds is 4. The SMILES string of the molecule is c1ccc(-c2cc3c4c(cccc4c2)N(c2nc(-c4ccccc4)nc(-c4ccccc4)n2)c2ncncc2-3)cc1. The summed E-state index contributed by atoms with van der Waals surface area (Å²) in [6, 6.07) is 41.3. The van der Waals surface area contributed by atoms with Crippen LogP contribution in [-0.2, 0) is 0 Å². The van der Waals surface area contributed by atoms with Gasteiger partial charge in [0.2, 0.25) is 5.95 Å². The fraction of sp³-hybridized carbons (Fsp3) is 0. The summed E-state index contributed by atoms with van der Waals surface area (Å²) >= 11 is 0. The molecule has 0 atom stereocenters. The van der Waals surface area contributed by atoms with E-state index in [1.807, 2.05) is 77.8 Å². The van der Waals surface area contributed by atoms with Gasteiger partial charge in [-0.05, 0) is 40.3 Å². The molecule has 0 amide bonds. The van der Waals surface area contributed by atoms with Crippen LogP contribution in [0.25, 0.3) is 55.8 Å². The van der Waals surface area contributed by atoms with Crippen molar-refractivity contribution in [3.63, 3.8) is 0 Å². The van der Waals surface area contributed by atoms with Crippen LogP contribution in [0, 0.1) is 0 Å². The van der Waals surface area contributed by atoms with Gasteiger partial charge in [-0.1, -0.05) is 103 Å². The van der Waals surface area contributed by atoms with Crippen molar-refractivity contribution in [2.75, 3.05) is 4.90 Å². The van der Waals surface area contributed by atoms with Gasteiger partial charge in [-0.25, -0.2) is 15.0 Å². The van der Waals surface area contributed by atoms with Gasteiger partial charge in [0.1, 0.15) is 6.33 Å². The summed E-state index contributed by atoms with van der Waals surface area (Å²) in [6.45, 7) is 0. The topological polar surface area (TPSA) is 67.7 Å². The Morgan fingerprint density at radius 1 is 0.512 bits per heavy atom. The van der Waals surface area contributed by atoms with Crippen LogP contribution in [0.5, 0.6) is 0 Å². The van der Waals surface area contributed by atoms with Crippen molar-refractivity contribution in [3.8, 4) is 45.0 Å². The van der Waals surface area contributed by atoms with Crippen LogP contribution >= 0.6 is 0 Å². The van der Waals surface area contributed by atoms with E-state index in [4.69, 9.17) is 19.9 Å². The van der Waals surface area contributed by atoms with Gasteiger partial charge in [0.15, 0.2) is 17.5 Å². The summed E-state index contributed by atoms with van der Waals surface area (Å²) < 4.78 is 0. The summed E-state index contributed by atoms with van der Waals surface area (Å²) in [5, 5.41) is 2.23. The van der Waals surface area contributed by atoms with Crippen LogP contribution in [0.3, 0.4) is 0 Å². The highest BCUT2D eigenvalue weighted by molar-refractivity contribution is 6.14. The summed E-state index contributed by atoms with van der Waals surface area (Å²) in [5.74, 6) is 2.43. The summed E-state index contributed by atoms with van der Waals surface area (Å²) in [4.78, 5) is 26.2. The Balaban J connectivity index is 1.41. The van der Waals surface area contributed by atoms with Gasteiger partial charge in [0.25, 0.3) is 0 Å². The van der Waals surface area contributed by atoms with Crippen LogP contribution in [0.2, 0.25) is 0 Å². The zero-order valence-electron chi connectivity index (χ0n) is 21.9. The second-order valence-corrected chi connectivity index (χ2v) is 9.88. The van der Waals surface area contributed by atoms with Gasteiger partial charge in [0, 0.05) is 28.3 Å². The van der Waals surface area contributed by atoms with E-state index in [2.05, 4.69) is 59.6 Å². The van der Waals surface area contributed by atoms with Crippen molar-refractivity contribution < 1.29 is 0 Å². The number of hydrogen-bond donors (Lipinski definition) is 0. The first-order valence-corrected chi connectivity index (χ1v) is 13.4. The fourth-order valence-corrected chi connectivity index (χ4v) is 5.51. The van der Waals surface area contributed by atoms with E-state index in [0.29, 0.717) is 17.6 Å². The second kappa shape index (κ2) is 9.47. The molecular weight excluding hydrogens is 504 g/mol. The first-order valence-electron chi connectivity index (χ1n) is 13.4. The summed E-state index contributed by atoms with van der Waals surface area (Å²) in [7, 11) is 0. The number of anilines is 3. The fourth-order valence-electron chi connectivity index (χ4n) is 5.51. The van der Waals surface area contributed by atoms with E-state index in [1.54, 1.807) is 6.33 Å². The average Bonchev–Trinajstić information content (AvgIpc) is 3.06. The average molecular weight is 527 g/mol. The molecule has 0 saturated heterocycles. The van der Waals surface area contributed by atoms with Gasteiger partial charge in [0.05, 0.1) is 5.69 Å². The Bertz CT molecular complexity index is 1990. The summed E-state index contributed by atoms with van der Waals surface area (Å²) in [6.07, 6.45) is 3.46. The lowest BCUT2D eigenvalue weighted by atomic mass is 9.90. The molecule has 8 rings (SSSR count). The number of aromatic nitrogens is 5. The van der Waals surface area contributed by atoms with Gasteiger partial charge in [-0.15, -0.1) is 0 Å². The Morgan fingerprint density at radius 2 is 1.15 bits per heavy atom. The van der Waals surface area contributed by atoms with E-state index < -0.39 is 0 Å². The molecule has 0 bridgehead atoms. The van der Waals surface area contributed by atoms with Crippen molar-refractivity contribution in [2.24, 2.45) is 0 Å². The van der Waals surface area contributed by atoms with E-state index in [-0.39, 0.29) is 0 Å². The number of fused-ring (bicyclic) bond motifs is 2. The quantitative estimate of drug-likeness (QED) is 0.230. The molecule has 0 radical (unpaired) electrons. The van der Waals surface area contributed by atoms with Crippen molar-refractivity contribution >= 4 is 28.2 Å². The molecule has 6 heteroatoms. The molecular formula is C35H22N6. The minimum Gasteiger partial charge on any atom is -0.261 e. The predicted octanol–water partition coefficient (Wildman–Crippen LogP) is 8.27. The van der Waals surface area contributed by atoms with Gasteiger partial charge in [-0.3, -0.25) is 4.90 Å². The molecule has 5 aromatic carbocycles. The maximum atomic E-state index is 5.02. The molecule has 41 heavy (non-hydrogen) atoms. The minimum absolute atomic E-state index is 0.503. The van der Waals surface area contributed by atoms with Crippen LogP contribution in [-0.4, -0.2) is 24.9 Å². The molecule has 0 unspecified atom stereocenters. The Labute approximate surface area is 236 Å². The van der Waals surface area contributed by atoms with Crippen LogP contribution in [0.1, 0.15) is 0 Å². The second-order valence-electron chi connectivity index (χ2n) is 9.88. The lowest BCUT2D eigenvalue weighted by Gasteiger charge is -2.31. The molecule has 192 valence electrons. The Kier molecular flexibility index (Phi) is 5.35. The van der Waals surface area contributed by atoms with Crippen molar-refractivity contribution in [3.05, 3.63) is 134 Å². The van der Waals surface area contributed by atoms with Crippen molar-refractivity contribution in [2.45, 2.75) is 0 Å². The molecule has 6 nitrogen and oxygen atoms in total. The zero-order chi connectivity index (χ0) is 27.2. The van der Waals surface area contributed by atoms with E-state index in [0.717, 1.165) is 55.7 Å². The molecule has 1 aliphatic rings. The zero-order valence-corrected chi connectivity index (χ0v) is 21.9. The lowest BCUT2D eigenvalue weighted by molar-refractivity contribution is 1.00. The number of benzene rings is 5. The number of hydrogen-bond acceptors (Lipinski definition) is 6. The van der Waals surface area contributed by atoms with E-state index in [1.165, 1.54) is 0 Å². The largest absolute Gasteiger partial charge is 0.261 e. The Morgan fingerprint density at radius 3 is 1.80 bits per heavy atom. The third-order valence-electron chi connectivity index (χ3n) is 7.38. The lowest BCUT2D eigenvalue weighted by Crippen LogP contribution is -2.20. The Hall–Kier alpha value is -5.75. The molecule has 0 N–H and O–H groups in total. The predicted molar refractivity (Wildman–Crippen MR) is 163 cm³/mol. The highest BCUT2D eigenvalue weighted by Crippen LogP contribution is 2.50. The standard InChI is InChI=1S/C35H22N6/c1-4-11-23(12-5-1)27-19-26-17-10-18-30-31(26)28(20-27)29-21-36-22-37-34(29)41(30)35-39-32(24-13-6-2-7-14-24)38-33(40-35)25-15-8-3-9-16-25/h1-22H. The molecule has 0 spiro atoms. The first kappa shape index (κ1) is 23.2. The monoisotopic (exact) mass is 526 g/mol. The molecule has 1 aliphatic heterocycles. The summed E-state index contributed by atoms with van der Waals surface area (Å²) in [5.41, 5.74) is 7.12. The van der Waals surface area contributed by atoms with Crippen LogP contribution in [0.15, 0.2) is 134 Å². The third-order valence-corrected chi connectivity index (χ3v) is 7.38. The number of nitrogens with zero attached hydrogens (tertiary/aromatic N) is 6. The minimum atomic E-state index is 0.503.